The molecule has 1 aliphatic heterocycles. The molecular weight excluding hydrogens is 220 g/mol. The molecule has 5 heteroatoms. The lowest BCUT2D eigenvalue weighted by Crippen LogP contribution is -2.34. The third-order valence-electron chi connectivity index (χ3n) is 2.82. The molecule has 0 amide bonds. The third-order valence-corrected chi connectivity index (χ3v) is 3.60. The molecule has 0 bridgehead atoms. The van der Waals surface area contributed by atoms with Crippen molar-refractivity contribution in [3.63, 3.8) is 0 Å². The monoisotopic (exact) mass is 240 g/mol. The van der Waals surface area contributed by atoms with Crippen molar-refractivity contribution in [3.05, 3.63) is 16.6 Å². The quantitative estimate of drug-likeness (QED) is 0.737. The van der Waals surface area contributed by atoms with Crippen molar-refractivity contribution in [1.29, 1.82) is 0 Å². The highest BCUT2D eigenvalue weighted by Gasteiger charge is 2.07. The van der Waals surface area contributed by atoms with Crippen LogP contribution in [-0.4, -0.2) is 49.2 Å². The standard InChI is InChI=1S/C11H20N4S/c1-2-12-3-6-15(5-1)7-4-13-8-11-9-14-10-16-11/h9-10,12-13H,1-8H2. The smallest absolute Gasteiger partial charge is 0.0794 e. The highest BCUT2D eigenvalue weighted by atomic mass is 32.1. The highest BCUT2D eigenvalue weighted by Crippen LogP contribution is 2.03. The van der Waals surface area contributed by atoms with E-state index in [0.717, 1.165) is 26.2 Å². The molecule has 0 spiro atoms. The Morgan fingerprint density at radius 1 is 1.44 bits per heavy atom. The summed E-state index contributed by atoms with van der Waals surface area (Å²) in [7, 11) is 0. The van der Waals surface area contributed by atoms with Crippen molar-refractivity contribution in [1.82, 2.24) is 20.5 Å². The number of nitrogens with one attached hydrogen (secondary N) is 2. The molecule has 0 saturated carbocycles. The number of thiazole rings is 1. The van der Waals surface area contributed by atoms with Crippen LogP contribution in [0.15, 0.2) is 11.7 Å². The first kappa shape index (κ1) is 12.0. The second-order valence-corrected chi connectivity index (χ2v) is 5.06. The molecule has 1 saturated heterocycles. The molecular formula is C11H20N4S. The van der Waals surface area contributed by atoms with Crippen LogP contribution in [0, 0.1) is 0 Å². The molecule has 1 aliphatic rings. The molecule has 16 heavy (non-hydrogen) atoms. The van der Waals surface area contributed by atoms with Gasteiger partial charge in [0, 0.05) is 43.8 Å². The number of rotatable bonds is 5. The third kappa shape index (κ3) is 4.17. The van der Waals surface area contributed by atoms with Gasteiger partial charge in [0.05, 0.1) is 5.51 Å². The van der Waals surface area contributed by atoms with Crippen molar-refractivity contribution in [3.8, 4) is 0 Å². The summed E-state index contributed by atoms with van der Waals surface area (Å²) in [6.45, 7) is 7.90. The van der Waals surface area contributed by atoms with Crippen LogP contribution in [0.4, 0.5) is 0 Å². The van der Waals surface area contributed by atoms with Gasteiger partial charge in [-0.2, -0.15) is 0 Å². The molecule has 1 aromatic heterocycles. The van der Waals surface area contributed by atoms with Crippen molar-refractivity contribution in [2.75, 3.05) is 39.3 Å². The zero-order chi connectivity index (χ0) is 11.1. The minimum atomic E-state index is 0.955. The summed E-state index contributed by atoms with van der Waals surface area (Å²) in [4.78, 5) is 7.91. The Kier molecular flexibility index (Phi) is 5.21. The van der Waals surface area contributed by atoms with Crippen LogP contribution in [0.2, 0.25) is 0 Å². The zero-order valence-electron chi connectivity index (χ0n) is 9.61. The number of hydrogen-bond donors (Lipinski definition) is 2. The maximum atomic E-state index is 4.06. The predicted molar refractivity (Wildman–Crippen MR) is 67.7 cm³/mol. The Bertz CT molecular complexity index is 268. The molecule has 1 fully saturated rings. The maximum Gasteiger partial charge on any atom is 0.0794 e. The second kappa shape index (κ2) is 6.96. The summed E-state index contributed by atoms with van der Waals surface area (Å²) < 4.78 is 0. The van der Waals surface area contributed by atoms with Crippen LogP contribution in [0.25, 0.3) is 0 Å². The molecule has 0 radical (unpaired) electrons. The topological polar surface area (TPSA) is 40.2 Å². The summed E-state index contributed by atoms with van der Waals surface area (Å²) >= 11 is 1.72. The maximum absolute atomic E-state index is 4.06. The van der Waals surface area contributed by atoms with Gasteiger partial charge in [-0.25, -0.2) is 0 Å². The Hall–Kier alpha value is -0.490. The minimum Gasteiger partial charge on any atom is -0.315 e. The largest absolute Gasteiger partial charge is 0.315 e. The van der Waals surface area contributed by atoms with E-state index in [0.29, 0.717) is 0 Å². The van der Waals surface area contributed by atoms with E-state index >= 15 is 0 Å². The van der Waals surface area contributed by atoms with E-state index in [1.807, 2.05) is 11.7 Å². The van der Waals surface area contributed by atoms with Gasteiger partial charge in [-0.3, -0.25) is 4.98 Å². The average molecular weight is 240 g/mol. The number of nitrogens with zero attached hydrogens (tertiary/aromatic N) is 2. The van der Waals surface area contributed by atoms with Crippen molar-refractivity contribution in [2.45, 2.75) is 13.0 Å². The summed E-state index contributed by atoms with van der Waals surface area (Å²) in [5.74, 6) is 0. The molecule has 2 rings (SSSR count). The molecule has 0 atom stereocenters. The SMILES string of the molecule is c1ncc(CNCCN2CCCNCC2)s1. The Labute approximate surface area is 101 Å². The van der Waals surface area contributed by atoms with E-state index in [-0.39, 0.29) is 0 Å². The first-order valence-electron chi connectivity index (χ1n) is 5.96. The van der Waals surface area contributed by atoms with Crippen molar-refractivity contribution in [2.24, 2.45) is 0 Å². The van der Waals surface area contributed by atoms with E-state index in [1.54, 1.807) is 11.3 Å². The van der Waals surface area contributed by atoms with Gasteiger partial charge in [-0.05, 0) is 19.5 Å². The van der Waals surface area contributed by atoms with E-state index in [1.165, 1.54) is 30.9 Å². The molecule has 4 nitrogen and oxygen atoms in total. The Balaban J connectivity index is 1.56. The van der Waals surface area contributed by atoms with Gasteiger partial charge in [-0.1, -0.05) is 0 Å². The second-order valence-electron chi connectivity index (χ2n) is 4.09. The van der Waals surface area contributed by atoms with E-state index < -0.39 is 0 Å². The van der Waals surface area contributed by atoms with Gasteiger partial charge in [-0.15, -0.1) is 11.3 Å². The number of hydrogen-bond acceptors (Lipinski definition) is 5. The molecule has 90 valence electrons. The Morgan fingerprint density at radius 3 is 3.31 bits per heavy atom. The summed E-state index contributed by atoms with van der Waals surface area (Å²) in [6, 6.07) is 0. The lowest BCUT2D eigenvalue weighted by molar-refractivity contribution is 0.291. The van der Waals surface area contributed by atoms with Gasteiger partial charge in [0.25, 0.3) is 0 Å². The Morgan fingerprint density at radius 2 is 2.44 bits per heavy atom. The molecule has 2 N–H and O–H groups in total. The average Bonchev–Trinajstić information content (AvgIpc) is 2.68. The van der Waals surface area contributed by atoms with Crippen molar-refractivity contribution >= 4 is 11.3 Å². The van der Waals surface area contributed by atoms with E-state index in [2.05, 4.69) is 20.5 Å². The highest BCUT2D eigenvalue weighted by molar-refractivity contribution is 7.09. The fourth-order valence-electron chi connectivity index (χ4n) is 1.90. The van der Waals surface area contributed by atoms with Crippen LogP contribution >= 0.6 is 11.3 Å². The predicted octanol–water partition coefficient (Wildman–Crippen LogP) is 0.528. The summed E-state index contributed by atoms with van der Waals surface area (Å²) in [6.07, 6.45) is 3.21. The molecule has 0 aromatic carbocycles. The van der Waals surface area contributed by atoms with Crippen LogP contribution < -0.4 is 10.6 Å². The normalized spacial score (nSPS) is 18.5. The fourth-order valence-corrected chi connectivity index (χ4v) is 2.47. The van der Waals surface area contributed by atoms with Crippen LogP contribution in [0.1, 0.15) is 11.3 Å². The van der Waals surface area contributed by atoms with Crippen molar-refractivity contribution < 1.29 is 0 Å². The summed E-state index contributed by atoms with van der Waals surface area (Å²) in [5, 5.41) is 6.89. The molecule has 1 aromatic rings. The minimum absolute atomic E-state index is 0.955. The van der Waals surface area contributed by atoms with E-state index in [4.69, 9.17) is 0 Å². The van der Waals surface area contributed by atoms with Crippen LogP contribution in [0.3, 0.4) is 0 Å². The zero-order valence-corrected chi connectivity index (χ0v) is 10.4. The number of aromatic nitrogens is 1. The molecule has 0 unspecified atom stereocenters. The van der Waals surface area contributed by atoms with Gasteiger partial charge >= 0.3 is 0 Å². The van der Waals surface area contributed by atoms with Gasteiger partial charge in [0.1, 0.15) is 0 Å². The fraction of sp³-hybridized carbons (Fsp3) is 0.727. The van der Waals surface area contributed by atoms with Gasteiger partial charge in [0.15, 0.2) is 0 Å². The first-order chi connectivity index (χ1) is 7.95. The van der Waals surface area contributed by atoms with Gasteiger partial charge < -0.3 is 15.5 Å². The van der Waals surface area contributed by atoms with Crippen LogP contribution in [0.5, 0.6) is 0 Å². The molecule has 0 aliphatic carbocycles. The molecule has 2 heterocycles. The summed E-state index contributed by atoms with van der Waals surface area (Å²) in [5.41, 5.74) is 1.89. The lowest BCUT2D eigenvalue weighted by Gasteiger charge is -2.19. The van der Waals surface area contributed by atoms with Gasteiger partial charge in [0.2, 0.25) is 0 Å². The lowest BCUT2D eigenvalue weighted by atomic mass is 10.4. The van der Waals surface area contributed by atoms with E-state index in [9.17, 15) is 0 Å². The van der Waals surface area contributed by atoms with Crippen LogP contribution in [-0.2, 0) is 6.54 Å². The first-order valence-corrected chi connectivity index (χ1v) is 6.84.